The zero-order chi connectivity index (χ0) is 18.6. The Bertz CT molecular complexity index is 919. The van der Waals surface area contributed by atoms with Crippen molar-refractivity contribution >= 4 is 5.91 Å². The van der Waals surface area contributed by atoms with Crippen molar-refractivity contribution in [3.8, 4) is 0 Å². The summed E-state index contributed by atoms with van der Waals surface area (Å²) in [7, 11) is 0. The molecule has 0 aliphatic carbocycles. The van der Waals surface area contributed by atoms with E-state index < -0.39 is 5.82 Å². The van der Waals surface area contributed by atoms with Crippen LogP contribution in [0.3, 0.4) is 0 Å². The second-order valence-corrected chi connectivity index (χ2v) is 6.69. The minimum absolute atomic E-state index is 0.0858. The van der Waals surface area contributed by atoms with Crippen molar-refractivity contribution in [2.24, 2.45) is 0 Å². The number of hydrogen-bond donors (Lipinski definition) is 0. The molecule has 3 aromatic heterocycles. The van der Waals surface area contributed by atoms with Gasteiger partial charge in [-0.25, -0.2) is 9.37 Å². The number of carbonyl (C=O) groups is 1. The first kappa shape index (κ1) is 17.3. The van der Waals surface area contributed by atoms with Crippen molar-refractivity contribution in [1.82, 2.24) is 24.4 Å². The zero-order valence-corrected chi connectivity index (χ0v) is 14.8. The molecule has 1 saturated heterocycles. The third kappa shape index (κ3) is 3.72. The number of likely N-dealkylation sites (tertiary alicyclic amines) is 1. The van der Waals surface area contributed by atoms with Crippen molar-refractivity contribution in [2.75, 3.05) is 13.1 Å². The summed E-state index contributed by atoms with van der Waals surface area (Å²) in [6.07, 6.45) is 11.5. The molecule has 1 aliphatic heterocycles. The molecule has 27 heavy (non-hydrogen) atoms. The molecule has 0 spiro atoms. The first-order valence-corrected chi connectivity index (χ1v) is 9.01. The van der Waals surface area contributed by atoms with Gasteiger partial charge in [-0.05, 0) is 36.6 Å². The summed E-state index contributed by atoms with van der Waals surface area (Å²) in [5.41, 5.74) is 1.26. The number of carbonyl (C=O) groups excluding carboxylic acids is 1. The lowest BCUT2D eigenvalue weighted by molar-refractivity contribution is 0.0705. The second-order valence-electron chi connectivity index (χ2n) is 6.69. The monoisotopic (exact) mass is 365 g/mol. The van der Waals surface area contributed by atoms with Crippen LogP contribution in [0.4, 0.5) is 4.39 Å². The molecule has 0 bridgehead atoms. The number of halogens is 1. The standard InChI is InChI=1S/C20H20FN5O/c21-18-13-23-8-3-17(18)20(27)25-10-4-16(5-11-25)19-24-9-12-26(19)14-15-1-6-22-7-2-15/h1-3,6-9,12-13,16H,4-5,10-11,14H2. The summed E-state index contributed by atoms with van der Waals surface area (Å²) in [5.74, 6) is 0.480. The third-order valence-electron chi connectivity index (χ3n) is 5.00. The lowest BCUT2D eigenvalue weighted by Gasteiger charge is -2.32. The van der Waals surface area contributed by atoms with Crippen LogP contribution in [-0.2, 0) is 6.54 Å². The topological polar surface area (TPSA) is 63.9 Å². The van der Waals surface area contributed by atoms with Gasteiger partial charge in [-0.15, -0.1) is 0 Å². The minimum atomic E-state index is -0.572. The highest BCUT2D eigenvalue weighted by Crippen LogP contribution is 2.28. The summed E-state index contributed by atoms with van der Waals surface area (Å²) >= 11 is 0. The fourth-order valence-corrected chi connectivity index (χ4v) is 3.56. The average Bonchev–Trinajstić information content (AvgIpc) is 3.17. The van der Waals surface area contributed by atoms with Gasteiger partial charge in [0.25, 0.3) is 5.91 Å². The molecule has 1 aliphatic rings. The maximum atomic E-state index is 13.8. The molecule has 3 aromatic rings. The van der Waals surface area contributed by atoms with Crippen LogP contribution in [0.5, 0.6) is 0 Å². The molecular formula is C20H20FN5O. The number of amides is 1. The maximum absolute atomic E-state index is 13.8. The van der Waals surface area contributed by atoms with Crippen LogP contribution in [0, 0.1) is 5.82 Å². The molecule has 4 heterocycles. The summed E-state index contributed by atoms with van der Waals surface area (Å²) in [5, 5.41) is 0. The van der Waals surface area contributed by atoms with Gasteiger partial charge >= 0.3 is 0 Å². The van der Waals surface area contributed by atoms with Crippen molar-refractivity contribution in [1.29, 1.82) is 0 Å². The van der Waals surface area contributed by atoms with E-state index in [0.29, 0.717) is 13.1 Å². The predicted molar refractivity (Wildman–Crippen MR) is 97.6 cm³/mol. The van der Waals surface area contributed by atoms with Gasteiger partial charge in [-0.2, -0.15) is 0 Å². The number of rotatable bonds is 4. The largest absolute Gasteiger partial charge is 0.339 e. The number of pyridine rings is 2. The van der Waals surface area contributed by atoms with Crippen LogP contribution in [0.1, 0.15) is 40.5 Å². The lowest BCUT2D eigenvalue weighted by Crippen LogP contribution is -2.38. The van der Waals surface area contributed by atoms with E-state index in [4.69, 9.17) is 0 Å². The normalized spacial score (nSPS) is 15.1. The molecule has 4 rings (SSSR count). The Morgan fingerprint density at radius 1 is 1.07 bits per heavy atom. The Morgan fingerprint density at radius 3 is 2.56 bits per heavy atom. The smallest absolute Gasteiger partial charge is 0.256 e. The first-order valence-electron chi connectivity index (χ1n) is 9.01. The van der Waals surface area contributed by atoms with Gasteiger partial charge in [0.15, 0.2) is 5.82 Å². The van der Waals surface area contributed by atoms with Gasteiger partial charge in [0.2, 0.25) is 0 Å². The van der Waals surface area contributed by atoms with Crippen molar-refractivity contribution < 1.29 is 9.18 Å². The van der Waals surface area contributed by atoms with Gasteiger partial charge in [0.1, 0.15) is 5.82 Å². The molecule has 0 atom stereocenters. The fraction of sp³-hybridized carbons (Fsp3) is 0.300. The molecule has 7 heteroatoms. The molecule has 0 aromatic carbocycles. The van der Waals surface area contributed by atoms with Crippen LogP contribution >= 0.6 is 0 Å². The fourth-order valence-electron chi connectivity index (χ4n) is 3.56. The van der Waals surface area contributed by atoms with Gasteiger partial charge < -0.3 is 9.47 Å². The van der Waals surface area contributed by atoms with E-state index >= 15 is 0 Å². The van der Waals surface area contributed by atoms with Gasteiger partial charge in [-0.1, -0.05) is 0 Å². The molecule has 0 saturated carbocycles. The van der Waals surface area contributed by atoms with Crippen LogP contribution in [-0.4, -0.2) is 43.4 Å². The van der Waals surface area contributed by atoms with E-state index in [1.54, 1.807) is 17.3 Å². The summed E-state index contributed by atoms with van der Waals surface area (Å²) in [6.45, 7) is 1.93. The minimum Gasteiger partial charge on any atom is -0.339 e. The summed E-state index contributed by atoms with van der Waals surface area (Å²) in [4.78, 5) is 26.6. The van der Waals surface area contributed by atoms with Gasteiger partial charge in [-0.3, -0.25) is 14.8 Å². The molecule has 1 fully saturated rings. The Hall–Kier alpha value is -3.09. The SMILES string of the molecule is O=C(c1ccncc1F)N1CCC(c2nccn2Cc2ccncc2)CC1. The first-order chi connectivity index (χ1) is 13.2. The van der Waals surface area contributed by atoms with Crippen LogP contribution < -0.4 is 0 Å². The molecule has 6 nitrogen and oxygen atoms in total. The van der Waals surface area contributed by atoms with E-state index in [2.05, 4.69) is 19.5 Å². The maximum Gasteiger partial charge on any atom is 0.256 e. The highest BCUT2D eigenvalue weighted by Gasteiger charge is 2.28. The number of imidazole rings is 1. The Balaban J connectivity index is 1.42. The van der Waals surface area contributed by atoms with Crippen molar-refractivity contribution in [2.45, 2.75) is 25.3 Å². The average molecular weight is 365 g/mol. The summed E-state index contributed by atoms with van der Waals surface area (Å²) in [6, 6.07) is 5.42. The van der Waals surface area contributed by atoms with Crippen molar-refractivity contribution in [3.63, 3.8) is 0 Å². The molecule has 0 N–H and O–H groups in total. The van der Waals surface area contributed by atoms with Crippen LogP contribution in [0.2, 0.25) is 0 Å². The number of piperidine rings is 1. The number of aromatic nitrogens is 4. The highest BCUT2D eigenvalue weighted by atomic mass is 19.1. The van der Waals surface area contributed by atoms with Gasteiger partial charge in [0, 0.05) is 56.5 Å². The predicted octanol–water partition coefficient (Wildman–Crippen LogP) is 2.88. The molecule has 138 valence electrons. The summed E-state index contributed by atoms with van der Waals surface area (Å²) < 4.78 is 16.0. The van der Waals surface area contributed by atoms with Crippen LogP contribution in [0.25, 0.3) is 0 Å². The zero-order valence-electron chi connectivity index (χ0n) is 14.8. The van der Waals surface area contributed by atoms with E-state index in [1.807, 2.05) is 24.5 Å². The Labute approximate surface area is 156 Å². The van der Waals surface area contributed by atoms with Gasteiger partial charge in [0.05, 0.1) is 11.8 Å². The second kappa shape index (κ2) is 7.65. The molecular weight excluding hydrogens is 345 g/mol. The lowest BCUT2D eigenvalue weighted by atomic mass is 9.95. The molecule has 0 radical (unpaired) electrons. The Morgan fingerprint density at radius 2 is 1.81 bits per heavy atom. The molecule has 1 amide bonds. The quantitative estimate of drug-likeness (QED) is 0.713. The van der Waals surface area contributed by atoms with Crippen molar-refractivity contribution in [3.05, 3.63) is 78.1 Å². The Kier molecular flexibility index (Phi) is 4.91. The molecule has 0 unspecified atom stereocenters. The van der Waals surface area contributed by atoms with E-state index in [9.17, 15) is 9.18 Å². The highest BCUT2D eigenvalue weighted by molar-refractivity contribution is 5.94. The third-order valence-corrected chi connectivity index (χ3v) is 5.00. The number of hydrogen-bond acceptors (Lipinski definition) is 4. The van der Waals surface area contributed by atoms with Crippen LogP contribution in [0.15, 0.2) is 55.4 Å². The van der Waals surface area contributed by atoms with E-state index in [0.717, 1.165) is 31.4 Å². The van der Waals surface area contributed by atoms with E-state index in [1.165, 1.54) is 17.8 Å². The van der Waals surface area contributed by atoms with E-state index in [-0.39, 0.29) is 17.4 Å². The number of nitrogens with zero attached hydrogens (tertiary/aromatic N) is 5.